The Morgan fingerprint density at radius 1 is 1.21 bits per heavy atom. The lowest BCUT2D eigenvalue weighted by atomic mass is 10.1. The first-order chi connectivity index (χ1) is 15.8. The molecule has 170 valence electrons. The molecular formula is C21H15Cl2F2N5O3. The van der Waals surface area contributed by atoms with E-state index < -0.39 is 23.6 Å². The molecule has 2 N–H and O–H groups in total. The van der Waals surface area contributed by atoms with Gasteiger partial charge in [-0.25, -0.2) is 8.78 Å². The summed E-state index contributed by atoms with van der Waals surface area (Å²) in [4.78, 5) is 12.3. The van der Waals surface area contributed by atoms with Crippen molar-refractivity contribution in [1.82, 2.24) is 25.5 Å². The van der Waals surface area contributed by atoms with Crippen molar-refractivity contribution in [2.45, 2.75) is 12.6 Å². The van der Waals surface area contributed by atoms with Crippen molar-refractivity contribution in [2.75, 3.05) is 6.54 Å². The smallest absolute Gasteiger partial charge is 0.289 e. The SMILES string of the molecule is O=C(NCCn1cc(C(O)c2ccc(Cl)cc2F)nn1)c1cc(-c2cccc(Cl)c2F)no1. The molecule has 0 radical (unpaired) electrons. The average Bonchev–Trinajstić information content (AvgIpc) is 3.45. The van der Waals surface area contributed by atoms with Crippen LogP contribution in [0, 0.1) is 11.6 Å². The Morgan fingerprint density at radius 3 is 2.82 bits per heavy atom. The van der Waals surface area contributed by atoms with Crippen LogP contribution in [0.15, 0.2) is 53.2 Å². The highest BCUT2D eigenvalue weighted by molar-refractivity contribution is 6.31. The molecule has 0 aliphatic rings. The van der Waals surface area contributed by atoms with Crippen LogP contribution < -0.4 is 5.32 Å². The maximum atomic E-state index is 14.1. The highest BCUT2D eigenvalue weighted by atomic mass is 35.5. The van der Waals surface area contributed by atoms with Gasteiger partial charge in [0.2, 0.25) is 5.76 Å². The van der Waals surface area contributed by atoms with Gasteiger partial charge in [-0.05, 0) is 24.3 Å². The van der Waals surface area contributed by atoms with Gasteiger partial charge in [0.05, 0.1) is 17.8 Å². The normalized spacial score (nSPS) is 12.0. The van der Waals surface area contributed by atoms with Crippen molar-refractivity contribution in [1.29, 1.82) is 0 Å². The zero-order valence-electron chi connectivity index (χ0n) is 16.7. The Labute approximate surface area is 195 Å². The minimum Gasteiger partial charge on any atom is -0.382 e. The quantitative estimate of drug-likeness (QED) is 0.402. The van der Waals surface area contributed by atoms with Crippen LogP contribution in [0.25, 0.3) is 11.3 Å². The molecule has 0 aliphatic carbocycles. The van der Waals surface area contributed by atoms with E-state index in [2.05, 4.69) is 20.8 Å². The van der Waals surface area contributed by atoms with E-state index in [1.54, 1.807) is 6.07 Å². The summed E-state index contributed by atoms with van der Waals surface area (Å²) in [6, 6.07) is 9.63. The van der Waals surface area contributed by atoms with Gasteiger partial charge in [0, 0.05) is 28.8 Å². The molecule has 0 aliphatic heterocycles. The average molecular weight is 494 g/mol. The minimum atomic E-state index is -1.33. The number of nitrogens with zero attached hydrogens (tertiary/aromatic N) is 4. The van der Waals surface area contributed by atoms with Crippen LogP contribution in [0.1, 0.15) is 27.9 Å². The van der Waals surface area contributed by atoms with Gasteiger partial charge in [0.1, 0.15) is 23.3 Å². The van der Waals surface area contributed by atoms with Crippen LogP contribution in [0.2, 0.25) is 10.0 Å². The van der Waals surface area contributed by atoms with Crippen molar-refractivity contribution < 1.29 is 23.2 Å². The number of aliphatic hydroxyl groups is 1. The molecule has 4 rings (SSSR count). The van der Waals surface area contributed by atoms with Crippen LogP contribution in [0.3, 0.4) is 0 Å². The molecule has 0 saturated heterocycles. The van der Waals surface area contributed by atoms with E-state index in [0.29, 0.717) is 0 Å². The van der Waals surface area contributed by atoms with Crippen molar-refractivity contribution in [3.8, 4) is 11.3 Å². The predicted octanol–water partition coefficient (Wildman–Crippen LogP) is 4.03. The summed E-state index contributed by atoms with van der Waals surface area (Å²) in [5.74, 6) is -2.01. The standard InChI is InChI=1S/C21H15Cl2F2N5O3/c22-11-4-5-12(15(24)8-11)20(31)17-10-30(29-27-17)7-6-26-21(32)18-9-16(28-33-18)13-2-1-3-14(23)19(13)25/h1-5,8-10,20,31H,6-7H2,(H,26,32). The van der Waals surface area contributed by atoms with Crippen molar-refractivity contribution >= 4 is 29.1 Å². The van der Waals surface area contributed by atoms with Crippen LogP contribution in [0.5, 0.6) is 0 Å². The molecule has 1 unspecified atom stereocenters. The molecule has 0 spiro atoms. The Balaban J connectivity index is 1.35. The molecule has 1 atom stereocenters. The summed E-state index contributed by atoms with van der Waals surface area (Å²) in [5, 5.41) is 24.5. The summed E-state index contributed by atoms with van der Waals surface area (Å²) in [6.45, 7) is 0.340. The summed E-state index contributed by atoms with van der Waals surface area (Å²) in [6.07, 6.45) is 0.101. The van der Waals surface area contributed by atoms with E-state index >= 15 is 0 Å². The summed E-state index contributed by atoms with van der Waals surface area (Å²) >= 11 is 11.5. The number of hydrogen-bond acceptors (Lipinski definition) is 6. The molecule has 33 heavy (non-hydrogen) atoms. The van der Waals surface area contributed by atoms with Crippen molar-refractivity contribution in [2.24, 2.45) is 0 Å². The van der Waals surface area contributed by atoms with Gasteiger partial charge in [0.25, 0.3) is 5.91 Å². The van der Waals surface area contributed by atoms with E-state index in [4.69, 9.17) is 27.7 Å². The topological polar surface area (TPSA) is 106 Å². The second kappa shape index (κ2) is 9.65. The number of halogens is 4. The van der Waals surface area contributed by atoms with Crippen LogP contribution >= 0.6 is 23.2 Å². The Bertz CT molecular complexity index is 1310. The lowest BCUT2D eigenvalue weighted by Gasteiger charge is -2.08. The molecule has 0 bridgehead atoms. The van der Waals surface area contributed by atoms with Gasteiger partial charge in [-0.15, -0.1) is 5.10 Å². The van der Waals surface area contributed by atoms with Crippen LogP contribution in [-0.4, -0.2) is 37.7 Å². The lowest BCUT2D eigenvalue weighted by Crippen LogP contribution is -2.27. The van der Waals surface area contributed by atoms with Gasteiger partial charge < -0.3 is 14.9 Å². The van der Waals surface area contributed by atoms with Crippen LogP contribution in [0.4, 0.5) is 8.78 Å². The third-order valence-corrected chi connectivity index (χ3v) is 5.21. The summed E-state index contributed by atoms with van der Waals surface area (Å²) in [5.41, 5.74) is 0.378. The Morgan fingerprint density at radius 2 is 2.03 bits per heavy atom. The second-order valence-electron chi connectivity index (χ2n) is 6.91. The maximum Gasteiger partial charge on any atom is 0.289 e. The molecule has 0 fully saturated rings. The monoisotopic (exact) mass is 493 g/mol. The number of hydrogen-bond donors (Lipinski definition) is 2. The highest BCUT2D eigenvalue weighted by Crippen LogP contribution is 2.27. The Hall–Kier alpha value is -3.34. The third-order valence-electron chi connectivity index (χ3n) is 4.68. The molecule has 8 nitrogen and oxygen atoms in total. The molecule has 0 saturated carbocycles. The molecule has 1 amide bonds. The number of nitrogens with one attached hydrogen (secondary N) is 1. The van der Waals surface area contributed by atoms with Crippen LogP contribution in [-0.2, 0) is 6.54 Å². The fourth-order valence-corrected chi connectivity index (χ4v) is 3.35. The molecule has 2 aromatic carbocycles. The number of aromatic nitrogens is 4. The van der Waals surface area contributed by atoms with Crippen molar-refractivity contribution in [3.63, 3.8) is 0 Å². The molecule has 12 heteroatoms. The number of rotatable bonds is 7. The fraction of sp³-hybridized carbons (Fsp3) is 0.143. The zero-order valence-corrected chi connectivity index (χ0v) is 18.2. The highest BCUT2D eigenvalue weighted by Gasteiger charge is 2.20. The van der Waals surface area contributed by atoms with E-state index in [9.17, 15) is 18.7 Å². The number of aliphatic hydroxyl groups excluding tert-OH is 1. The zero-order chi connectivity index (χ0) is 23.5. The van der Waals surface area contributed by atoms with E-state index in [1.807, 2.05) is 0 Å². The second-order valence-corrected chi connectivity index (χ2v) is 7.75. The molecule has 4 aromatic rings. The van der Waals surface area contributed by atoms with Gasteiger partial charge in [-0.2, -0.15) is 0 Å². The van der Waals surface area contributed by atoms with Gasteiger partial charge in [0.15, 0.2) is 5.82 Å². The molecule has 2 aromatic heterocycles. The van der Waals surface area contributed by atoms with Gasteiger partial charge in [-0.3, -0.25) is 9.48 Å². The first-order valence-electron chi connectivity index (χ1n) is 9.56. The number of carbonyl (C=O) groups is 1. The number of benzene rings is 2. The van der Waals surface area contributed by atoms with E-state index in [1.165, 1.54) is 41.2 Å². The van der Waals surface area contributed by atoms with E-state index in [-0.39, 0.29) is 51.4 Å². The van der Waals surface area contributed by atoms with Gasteiger partial charge in [-0.1, -0.05) is 45.7 Å². The summed E-state index contributed by atoms with van der Waals surface area (Å²) < 4.78 is 34.5. The Kier molecular flexibility index (Phi) is 6.68. The predicted molar refractivity (Wildman–Crippen MR) is 115 cm³/mol. The summed E-state index contributed by atoms with van der Waals surface area (Å²) in [7, 11) is 0. The maximum absolute atomic E-state index is 14.1. The lowest BCUT2D eigenvalue weighted by molar-refractivity contribution is 0.0915. The minimum absolute atomic E-state index is 0.0111. The first-order valence-corrected chi connectivity index (χ1v) is 10.3. The largest absolute Gasteiger partial charge is 0.382 e. The fourth-order valence-electron chi connectivity index (χ4n) is 3.01. The van der Waals surface area contributed by atoms with E-state index in [0.717, 1.165) is 6.07 Å². The molecule has 2 heterocycles. The third kappa shape index (κ3) is 5.03. The van der Waals surface area contributed by atoms with Crippen molar-refractivity contribution in [3.05, 3.63) is 87.4 Å². The first kappa shape index (κ1) is 22.8. The number of amides is 1. The van der Waals surface area contributed by atoms with Gasteiger partial charge >= 0.3 is 0 Å². The molecular weight excluding hydrogens is 479 g/mol. The number of carbonyl (C=O) groups excluding carboxylic acids is 1.